The van der Waals surface area contributed by atoms with Crippen LogP contribution < -0.4 is 0 Å². The van der Waals surface area contributed by atoms with Gasteiger partial charge in [-0.25, -0.2) is 0 Å². The number of Topliss-reactive ketones (excluding diaryl/α,β-unsaturated/α-hetero) is 1. The number of benzene rings is 1. The molecule has 110 valence electrons. The summed E-state index contributed by atoms with van der Waals surface area (Å²) >= 11 is 0. The predicted octanol–water partition coefficient (Wildman–Crippen LogP) is 5.12. The van der Waals surface area contributed by atoms with Crippen LogP contribution in [0.3, 0.4) is 0 Å². The second kappa shape index (κ2) is 5.29. The fraction of sp³-hybridized carbons (Fsp3) is 0.450. The first kappa shape index (κ1) is 14.3. The van der Waals surface area contributed by atoms with Crippen LogP contribution in [-0.4, -0.2) is 5.78 Å². The van der Waals surface area contributed by atoms with Gasteiger partial charge in [0.25, 0.3) is 0 Å². The van der Waals surface area contributed by atoms with Crippen molar-refractivity contribution in [3.63, 3.8) is 0 Å². The molecule has 0 saturated heterocycles. The van der Waals surface area contributed by atoms with Crippen LogP contribution in [0.1, 0.15) is 58.4 Å². The van der Waals surface area contributed by atoms with Crippen LogP contribution in [0.5, 0.6) is 0 Å². The first-order valence-corrected chi connectivity index (χ1v) is 7.99. The van der Waals surface area contributed by atoms with Gasteiger partial charge < -0.3 is 0 Å². The van der Waals surface area contributed by atoms with Crippen molar-refractivity contribution in [1.82, 2.24) is 0 Å². The molecule has 21 heavy (non-hydrogen) atoms. The van der Waals surface area contributed by atoms with Crippen LogP contribution in [-0.2, 0) is 10.2 Å². The summed E-state index contributed by atoms with van der Waals surface area (Å²) in [5.74, 6) is 0.336. The molecule has 0 bridgehead atoms. The van der Waals surface area contributed by atoms with Gasteiger partial charge in [-0.3, -0.25) is 4.79 Å². The molecule has 1 saturated carbocycles. The Morgan fingerprint density at radius 1 is 0.952 bits per heavy atom. The molecule has 0 radical (unpaired) electrons. The summed E-state index contributed by atoms with van der Waals surface area (Å²) in [6.07, 6.45) is 5.06. The van der Waals surface area contributed by atoms with Gasteiger partial charge >= 0.3 is 0 Å². The Labute approximate surface area is 127 Å². The first-order valence-electron chi connectivity index (χ1n) is 7.99. The van der Waals surface area contributed by atoms with Crippen molar-refractivity contribution < 1.29 is 4.79 Å². The highest BCUT2D eigenvalue weighted by Gasteiger charge is 2.34. The number of fused-ring (bicyclic) bond motifs is 1. The van der Waals surface area contributed by atoms with Gasteiger partial charge in [0.05, 0.1) is 0 Å². The molecule has 0 aromatic heterocycles. The van der Waals surface area contributed by atoms with E-state index in [2.05, 4.69) is 38.1 Å². The maximum absolute atomic E-state index is 12.7. The summed E-state index contributed by atoms with van der Waals surface area (Å²) in [5, 5.41) is 0. The van der Waals surface area contributed by atoms with Gasteiger partial charge in [0.1, 0.15) is 0 Å². The molecule has 1 heteroatoms. The van der Waals surface area contributed by atoms with E-state index in [1.165, 1.54) is 28.7 Å². The quantitative estimate of drug-likeness (QED) is 0.697. The molecule has 2 aliphatic carbocycles. The Hall–Kier alpha value is -1.63. The minimum absolute atomic E-state index is 0.0786. The molecule has 1 atom stereocenters. The highest BCUT2D eigenvalue weighted by molar-refractivity contribution is 5.97. The third-order valence-electron chi connectivity index (χ3n) is 5.28. The fourth-order valence-electron chi connectivity index (χ4n) is 4.08. The Balaban J connectivity index is 2.10. The number of hydrogen-bond acceptors (Lipinski definition) is 1. The summed E-state index contributed by atoms with van der Waals surface area (Å²) < 4.78 is 0. The zero-order chi connectivity index (χ0) is 15.0. The average molecular weight is 280 g/mol. The summed E-state index contributed by atoms with van der Waals surface area (Å²) in [5.41, 5.74) is 6.54. The number of carbonyl (C=O) groups is 1. The van der Waals surface area contributed by atoms with Crippen molar-refractivity contribution in [2.24, 2.45) is 0 Å². The van der Waals surface area contributed by atoms with Crippen LogP contribution in [0.2, 0.25) is 0 Å². The van der Waals surface area contributed by atoms with Gasteiger partial charge in [-0.1, -0.05) is 42.8 Å². The molecular weight excluding hydrogens is 256 g/mol. The van der Waals surface area contributed by atoms with Gasteiger partial charge in [-0.05, 0) is 61.8 Å². The van der Waals surface area contributed by atoms with Crippen molar-refractivity contribution in [3.05, 3.63) is 58.2 Å². The molecule has 3 rings (SSSR count). The minimum atomic E-state index is -0.0786. The highest BCUT2D eigenvalue weighted by Crippen LogP contribution is 2.44. The van der Waals surface area contributed by atoms with Gasteiger partial charge in [0.15, 0.2) is 5.78 Å². The second-order valence-corrected chi connectivity index (χ2v) is 6.92. The summed E-state index contributed by atoms with van der Waals surface area (Å²) in [7, 11) is 0. The van der Waals surface area contributed by atoms with E-state index in [0.717, 1.165) is 24.8 Å². The van der Waals surface area contributed by atoms with E-state index in [1.807, 2.05) is 13.0 Å². The first-order chi connectivity index (χ1) is 10.0. The lowest BCUT2D eigenvalue weighted by Crippen LogP contribution is -2.28. The van der Waals surface area contributed by atoms with Crippen LogP contribution in [0.4, 0.5) is 0 Å². The van der Waals surface area contributed by atoms with Crippen molar-refractivity contribution in [3.8, 4) is 0 Å². The summed E-state index contributed by atoms with van der Waals surface area (Å²) in [6, 6.07) is 10.5. The lowest BCUT2D eigenvalue weighted by atomic mass is 9.70. The van der Waals surface area contributed by atoms with E-state index in [9.17, 15) is 4.79 Å². The fourth-order valence-corrected chi connectivity index (χ4v) is 4.08. The monoisotopic (exact) mass is 280 g/mol. The standard InChI is InChI=1S/C20H24O/c1-14-12-20(3,16-8-5-4-6-9-16)13-19(21)15(2)18-11-7-10-17(14)18/h4-6,8-9H,7,10-13H2,1-3H3/b17-14-,18-15-. The highest BCUT2D eigenvalue weighted by atomic mass is 16.1. The van der Waals surface area contributed by atoms with Crippen LogP contribution in [0.25, 0.3) is 0 Å². The second-order valence-electron chi connectivity index (χ2n) is 6.92. The van der Waals surface area contributed by atoms with Gasteiger partial charge in [-0.2, -0.15) is 0 Å². The van der Waals surface area contributed by atoms with E-state index >= 15 is 0 Å². The van der Waals surface area contributed by atoms with Crippen molar-refractivity contribution in [2.45, 2.75) is 58.3 Å². The molecule has 1 nitrogen and oxygen atoms in total. The molecule has 0 aliphatic heterocycles. The summed E-state index contributed by atoms with van der Waals surface area (Å²) in [6.45, 7) is 6.55. The molecule has 1 fully saturated rings. The molecular formula is C20H24O. The molecule has 0 spiro atoms. The molecule has 0 heterocycles. The van der Waals surface area contributed by atoms with Crippen LogP contribution in [0, 0.1) is 0 Å². The molecule has 1 unspecified atom stereocenters. The third-order valence-corrected chi connectivity index (χ3v) is 5.28. The van der Waals surface area contributed by atoms with Gasteiger partial charge in [-0.15, -0.1) is 0 Å². The Morgan fingerprint density at radius 3 is 2.33 bits per heavy atom. The van der Waals surface area contributed by atoms with Crippen molar-refractivity contribution in [2.75, 3.05) is 0 Å². The number of carbonyl (C=O) groups excluding carboxylic acids is 1. The number of hydrogen-bond donors (Lipinski definition) is 0. The Kier molecular flexibility index (Phi) is 3.61. The molecule has 0 amide bonds. The molecule has 2 aliphatic rings. The van der Waals surface area contributed by atoms with Crippen LogP contribution in [0.15, 0.2) is 52.6 Å². The van der Waals surface area contributed by atoms with E-state index in [-0.39, 0.29) is 5.41 Å². The number of ketones is 1. The number of rotatable bonds is 1. The Morgan fingerprint density at radius 2 is 1.62 bits per heavy atom. The normalized spacial score (nSPS) is 33.6. The number of allylic oxidation sites excluding steroid dienone is 4. The molecule has 1 aromatic rings. The third kappa shape index (κ3) is 2.50. The Bertz CT molecular complexity index is 633. The molecule has 1 aromatic carbocycles. The largest absolute Gasteiger partial charge is 0.295 e. The van der Waals surface area contributed by atoms with E-state index in [1.54, 1.807) is 0 Å². The smallest absolute Gasteiger partial charge is 0.159 e. The zero-order valence-corrected chi connectivity index (χ0v) is 13.3. The summed E-state index contributed by atoms with van der Waals surface area (Å²) in [4.78, 5) is 12.7. The predicted molar refractivity (Wildman–Crippen MR) is 87.3 cm³/mol. The van der Waals surface area contributed by atoms with Crippen LogP contribution >= 0.6 is 0 Å². The average Bonchev–Trinajstić information content (AvgIpc) is 2.95. The van der Waals surface area contributed by atoms with Gasteiger partial charge in [0, 0.05) is 11.8 Å². The van der Waals surface area contributed by atoms with Crippen molar-refractivity contribution in [1.29, 1.82) is 0 Å². The lowest BCUT2D eigenvalue weighted by Gasteiger charge is -2.33. The van der Waals surface area contributed by atoms with Gasteiger partial charge in [0.2, 0.25) is 0 Å². The van der Waals surface area contributed by atoms with E-state index in [4.69, 9.17) is 0 Å². The lowest BCUT2D eigenvalue weighted by molar-refractivity contribution is -0.116. The topological polar surface area (TPSA) is 17.1 Å². The minimum Gasteiger partial charge on any atom is -0.295 e. The van der Waals surface area contributed by atoms with Crippen molar-refractivity contribution >= 4 is 5.78 Å². The SMILES string of the molecule is C/C1=C2\CCC\C2=C(/C)C(=O)CC(C)(c2ccccc2)C1. The molecule has 0 N–H and O–H groups in total. The zero-order valence-electron chi connectivity index (χ0n) is 13.3. The van der Waals surface area contributed by atoms with E-state index in [0.29, 0.717) is 12.2 Å². The maximum Gasteiger partial charge on any atom is 0.159 e. The van der Waals surface area contributed by atoms with E-state index < -0.39 is 0 Å². The maximum atomic E-state index is 12.7.